The van der Waals surface area contributed by atoms with Crippen LogP contribution in [0, 0.1) is 6.92 Å². The zero-order chi connectivity index (χ0) is 16.1. The molecule has 2 rings (SSSR count). The molecule has 0 saturated carbocycles. The van der Waals surface area contributed by atoms with Crippen LogP contribution in [0.5, 0.6) is 0 Å². The Hall–Kier alpha value is -2.10. The molecule has 0 bridgehead atoms. The van der Waals surface area contributed by atoms with Crippen LogP contribution in [0.25, 0.3) is 0 Å². The van der Waals surface area contributed by atoms with Gasteiger partial charge in [0.2, 0.25) is 11.8 Å². The Balaban J connectivity index is 1.86. The van der Waals surface area contributed by atoms with Gasteiger partial charge in [0.05, 0.1) is 6.42 Å². The highest BCUT2D eigenvalue weighted by atomic mass is 16.2. The molecule has 0 atom stereocenters. The largest absolute Gasteiger partial charge is 0.339 e. The van der Waals surface area contributed by atoms with E-state index in [9.17, 15) is 9.59 Å². The second-order valence-corrected chi connectivity index (χ2v) is 6.09. The Labute approximate surface area is 132 Å². The van der Waals surface area contributed by atoms with Crippen molar-refractivity contribution < 1.29 is 9.59 Å². The number of hydrogen-bond acceptors (Lipinski definition) is 2. The number of carbonyl (C=O) groups is 2. The summed E-state index contributed by atoms with van der Waals surface area (Å²) >= 11 is 0. The lowest BCUT2D eigenvalue weighted by Gasteiger charge is -2.34. The Morgan fingerprint density at radius 3 is 2.09 bits per heavy atom. The van der Waals surface area contributed by atoms with E-state index in [1.807, 2.05) is 54.8 Å². The van der Waals surface area contributed by atoms with E-state index >= 15 is 0 Å². The minimum absolute atomic E-state index is 0.0469. The van der Waals surface area contributed by atoms with Gasteiger partial charge in [-0.2, -0.15) is 0 Å². The first kappa shape index (κ1) is 16.3. The molecule has 1 saturated heterocycles. The molecule has 118 valence electrons. The fourth-order valence-electron chi connectivity index (χ4n) is 2.51. The summed E-state index contributed by atoms with van der Waals surface area (Å²) in [5.41, 5.74) is 3.24. The first-order valence-electron chi connectivity index (χ1n) is 7.73. The van der Waals surface area contributed by atoms with Crippen molar-refractivity contribution in [2.24, 2.45) is 0 Å². The molecular weight excluding hydrogens is 276 g/mol. The average Bonchev–Trinajstić information content (AvgIpc) is 2.49. The lowest BCUT2D eigenvalue weighted by atomic mass is 10.1. The Bertz CT molecular complexity index is 563. The summed E-state index contributed by atoms with van der Waals surface area (Å²) < 4.78 is 0. The molecular formula is C18H24N2O2. The third-order valence-electron chi connectivity index (χ3n) is 3.83. The normalized spacial score (nSPS) is 14.7. The summed E-state index contributed by atoms with van der Waals surface area (Å²) in [5, 5.41) is 0. The van der Waals surface area contributed by atoms with Crippen molar-refractivity contribution >= 4 is 11.8 Å². The van der Waals surface area contributed by atoms with Gasteiger partial charge < -0.3 is 9.80 Å². The molecule has 4 nitrogen and oxygen atoms in total. The minimum atomic E-state index is 0.0469. The van der Waals surface area contributed by atoms with Gasteiger partial charge in [-0.1, -0.05) is 35.4 Å². The third kappa shape index (κ3) is 4.45. The highest BCUT2D eigenvalue weighted by molar-refractivity contribution is 5.88. The zero-order valence-corrected chi connectivity index (χ0v) is 13.6. The van der Waals surface area contributed by atoms with Crippen molar-refractivity contribution in [2.45, 2.75) is 27.2 Å². The van der Waals surface area contributed by atoms with Crippen LogP contribution in [0.1, 0.15) is 25.0 Å². The lowest BCUT2D eigenvalue weighted by Crippen LogP contribution is -2.50. The van der Waals surface area contributed by atoms with Gasteiger partial charge in [-0.05, 0) is 26.3 Å². The first-order valence-corrected chi connectivity index (χ1v) is 7.73. The van der Waals surface area contributed by atoms with E-state index in [-0.39, 0.29) is 11.8 Å². The molecule has 1 heterocycles. The number of hydrogen-bond donors (Lipinski definition) is 0. The molecule has 2 amide bonds. The van der Waals surface area contributed by atoms with E-state index in [0.29, 0.717) is 32.6 Å². The second kappa shape index (κ2) is 7.25. The van der Waals surface area contributed by atoms with Crippen molar-refractivity contribution in [1.82, 2.24) is 9.80 Å². The van der Waals surface area contributed by atoms with Gasteiger partial charge in [0.1, 0.15) is 0 Å². The SMILES string of the molecule is CC(C)=CC(=O)N1CCN(C(=O)Cc2ccc(C)cc2)CC1. The summed E-state index contributed by atoms with van der Waals surface area (Å²) in [4.78, 5) is 27.9. The third-order valence-corrected chi connectivity index (χ3v) is 3.83. The van der Waals surface area contributed by atoms with E-state index in [1.54, 1.807) is 6.08 Å². The topological polar surface area (TPSA) is 40.6 Å². The van der Waals surface area contributed by atoms with E-state index in [1.165, 1.54) is 5.56 Å². The standard InChI is InChI=1S/C18H24N2O2/c1-14(2)12-17(21)19-8-10-20(11-9-19)18(22)13-16-6-4-15(3)5-7-16/h4-7,12H,8-11,13H2,1-3H3. The van der Waals surface area contributed by atoms with Crippen molar-refractivity contribution in [3.05, 3.63) is 47.0 Å². The summed E-state index contributed by atoms with van der Waals surface area (Å²) in [6.07, 6.45) is 2.09. The van der Waals surface area contributed by atoms with Crippen molar-refractivity contribution in [3.8, 4) is 0 Å². The lowest BCUT2D eigenvalue weighted by molar-refractivity contribution is -0.136. The maximum Gasteiger partial charge on any atom is 0.246 e. The minimum Gasteiger partial charge on any atom is -0.339 e. The highest BCUT2D eigenvalue weighted by Gasteiger charge is 2.23. The number of allylic oxidation sites excluding steroid dienone is 1. The molecule has 0 N–H and O–H groups in total. The molecule has 1 fully saturated rings. The molecule has 1 aromatic carbocycles. The molecule has 22 heavy (non-hydrogen) atoms. The van der Waals surface area contributed by atoms with E-state index in [0.717, 1.165) is 11.1 Å². The van der Waals surface area contributed by atoms with Crippen LogP contribution in [0.15, 0.2) is 35.9 Å². The van der Waals surface area contributed by atoms with Gasteiger partial charge in [0, 0.05) is 32.3 Å². The van der Waals surface area contributed by atoms with Gasteiger partial charge in [-0.3, -0.25) is 9.59 Å². The van der Waals surface area contributed by atoms with Crippen LogP contribution < -0.4 is 0 Å². The predicted octanol–water partition coefficient (Wildman–Crippen LogP) is 2.17. The fourth-order valence-corrected chi connectivity index (χ4v) is 2.51. The van der Waals surface area contributed by atoms with E-state index in [2.05, 4.69) is 0 Å². The zero-order valence-electron chi connectivity index (χ0n) is 13.6. The van der Waals surface area contributed by atoms with Crippen LogP contribution in [0.2, 0.25) is 0 Å². The van der Waals surface area contributed by atoms with E-state index < -0.39 is 0 Å². The summed E-state index contributed by atoms with van der Waals surface area (Å²) in [6.45, 7) is 8.33. The monoisotopic (exact) mass is 300 g/mol. The van der Waals surface area contributed by atoms with Gasteiger partial charge in [-0.15, -0.1) is 0 Å². The quantitative estimate of drug-likeness (QED) is 0.803. The average molecular weight is 300 g/mol. The number of amides is 2. The summed E-state index contributed by atoms with van der Waals surface area (Å²) in [6, 6.07) is 8.06. The van der Waals surface area contributed by atoms with Gasteiger partial charge in [0.15, 0.2) is 0 Å². The maximum atomic E-state index is 12.3. The van der Waals surface area contributed by atoms with Crippen LogP contribution in [0.3, 0.4) is 0 Å². The molecule has 0 radical (unpaired) electrons. The number of piperazine rings is 1. The fraction of sp³-hybridized carbons (Fsp3) is 0.444. The van der Waals surface area contributed by atoms with Crippen molar-refractivity contribution in [1.29, 1.82) is 0 Å². The first-order chi connectivity index (χ1) is 10.5. The Morgan fingerprint density at radius 2 is 1.55 bits per heavy atom. The second-order valence-electron chi connectivity index (χ2n) is 6.09. The van der Waals surface area contributed by atoms with Crippen molar-refractivity contribution in [2.75, 3.05) is 26.2 Å². The van der Waals surface area contributed by atoms with Crippen molar-refractivity contribution in [3.63, 3.8) is 0 Å². The van der Waals surface area contributed by atoms with Crippen LogP contribution in [-0.2, 0) is 16.0 Å². The molecule has 1 aliphatic heterocycles. The Morgan fingerprint density at radius 1 is 1.00 bits per heavy atom. The number of nitrogens with zero attached hydrogens (tertiary/aromatic N) is 2. The summed E-state index contributed by atoms with van der Waals surface area (Å²) in [7, 11) is 0. The van der Waals surface area contributed by atoms with Gasteiger partial charge in [-0.25, -0.2) is 0 Å². The number of aryl methyl sites for hydroxylation is 1. The highest BCUT2D eigenvalue weighted by Crippen LogP contribution is 2.09. The van der Waals surface area contributed by atoms with E-state index in [4.69, 9.17) is 0 Å². The molecule has 0 spiro atoms. The van der Waals surface area contributed by atoms with Crippen LogP contribution in [-0.4, -0.2) is 47.8 Å². The number of rotatable bonds is 3. The van der Waals surface area contributed by atoms with Gasteiger partial charge in [0.25, 0.3) is 0 Å². The molecule has 4 heteroatoms. The smallest absolute Gasteiger partial charge is 0.246 e. The number of benzene rings is 1. The maximum absolute atomic E-state index is 12.3. The summed E-state index contributed by atoms with van der Waals surface area (Å²) in [5.74, 6) is 0.184. The molecule has 1 aromatic rings. The van der Waals surface area contributed by atoms with Crippen LogP contribution in [0.4, 0.5) is 0 Å². The molecule has 0 aliphatic carbocycles. The number of carbonyl (C=O) groups excluding carboxylic acids is 2. The predicted molar refractivity (Wildman–Crippen MR) is 87.5 cm³/mol. The molecule has 1 aliphatic rings. The Kier molecular flexibility index (Phi) is 5.36. The molecule has 0 unspecified atom stereocenters. The van der Waals surface area contributed by atoms with Crippen LogP contribution >= 0.6 is 0 Å². The molecule has 0 aromatic heterocycles. The van der Waals surface area contributed by atoms with Gasteiger partial charge >= 0.3 is 0 Å².